The molecule has 3 heterocycles. The molecule has 0 saturated carbocycles. The molecule has 2 aromatic carbocycles. The van der Waals surface area contributed by atoms with Crippen LogP contribution in [-0.4, -0.2) is 57.2 Å². The fourth-order valence-electron chi connectivity index (χ4n) is 3.54. The minimum atomic E-state index is -0.504. The number of aromatic nitrogens is 2. The number of hydrogen-bond acceptors (Lipinski definition) is 6. The molecular weight excluding hydrogens is 388 g/mol. The number of anilines is 1. The van der Waals surface area contributed by atoms with Gasteiger partial charge in [-0.1, -0.05) is 12.1 Å². The molecule has 2 aliphatic heterocycles. The average Bonchev–Trinajstić information content (AvgIpc) is 3.02. The van der Waals surface area contributed by atoms with Gasteiger partial charge in [-0.3, -0.25) is 14.4 Å². The normalized spacial score (nSPS) is 16.4. The van der Waals surface area contributed by atoms with E-state index >= 15 is 0 Å². The molecule has 0 atom stereocenters. The van der Waals surface area contributed by atoms with E-state index in [-0.39, 0.29) is 17.3 Å². The number of thioether (sulfide) groups is 1. The van der Waals surface area contributed by atoms with Crippen molar-refractivity contribution in [2.24, 2.45) is 0 Å². The highest BCUT2D eigenvalue weighted by Gasteiger charge is 2.40. The summed E-state index contributed by atoms with van der Waals surface area (Å²) in [4.78, 5) is 49.9. The lowest BCUT2D eigenvalue weighted by atomic mass is 10.1. The highest BCUT2D eigenvalue weighted by atomic mass is 32.2. The van der Waals surface area contributed by atoms with Gasteiger partial charge >= 0.3 is 0 Å². The highest BCUT2D eigenvalue weighted by molar-refractivity contribution is 7.99. The number of fused-ring (bicyclic) bond motifs is 2. The van der Waals surface area contributed by atoms with E-state index in [4.69, 9.17) is 0 Å². The van der Waals surface area contributed by atoms with Crippen LogP contribution in [0.1, 0.15) is 31.3 Å². The summed E-state index contributed by atoms with van der Waals surface area (Å²) in [6.07, 6.45) is 0. The standard InChI is InChI=1S/C21H16N4O3S/c26-19(24-9-11-29-12-10-24)13-5-7-14(8-6-13)25-20(27)17-18(21(25)28)23-16-4-2-1-3-15(16)22-17/h1-8H,9-12H2. The summed E-state index contributed by atoms with van der Waals surface area (Å²) < 4.78 is 0. The minimum absolute atomic E-state index is 0.0335. The number of nitrogens with zero attached hydrogens (tertiary/aromatic N) is 4. The van der Waals surface area contributed by atoms with Gasteiger partial charge in [0.05, 0.1) is 16.7 Å². The smallest absolute Gasteiger partial charge is 0.286 e. The number of carbonyl (C=O) groups is 3. The van der Waals surface area contributed by atoms with Gasteiger partial charge in [0, 0.05) is 30.2 Å². The van der Waals surface area contributed by atoms with Crippen LogP contribution < -0.4 is 4.90 Å². The number of amides is 3. The summed E-state index contributed by atoms with van der Waals surface area (Å²) in [5.41, 5.74) is 2.18. The zero-order chi connectivity index (χ0) is 20.0. The summed E-state index contributed by atoms with van der Waals surface area (Å²) in [5.74, 6) is 0.833. The second-order valence-electron chi connectivity index (χ2n) is 6.81. The van der Waals surface area contributed by atoms with Gasteiger partial charge in [0.25, 0.3) is 17.7 Å². The van der Waals surface area contributed by atoms with E-state index in [2.05, 4.69) is 9.97 Å². The molecule has 3 aromatic rings. The molecule has 5 rings (SSSR count). The monoisotopic (exact) mass is 404 g/mol. The molecular formula is C21H16N4O3S. The summed E-state index contributed by atoms with van der Waals surface area (Å²) in [6, 6.07) is 13.7. The number of imide groups is 1. The van der Waals surface area contributed by atoms with E-state index in [9.17, 15) is 14.4 Å². The molecule has 0 radical (unpaired) electrons. The van der Waals surface area contributed by atoms with E-state index in [1.165, 1.54) is 0 Å². The van der Waals surface area contributed by atoms with Crippen LogP contribution >= 0.6 is 11.8 Å². The van der Waals surface area contributed by atoms with Gasteiger partial charge in [-0.05, 0) is 36.4 Å². The Kier molecular flexibility index (Phi) is 4.28. The molecule has 29 heavy (non-hydrogen) atoms. The van der Waals surface area contributed by atoms with Crippen molar-refractivity contribution in [1.29, 1.82) is 0 Å². The summed E-state index contributed by atoms with van der Waals surface area (Å²) >= 11 is 1.84. The van der Waals surface area contributed by atoms with Crippen LogP contribution in [0.3, 0.4) is 0 Å². The van der Waals surface area contributed by atoms with Crippen molar-refractivity contribution in [3.05, 3.63) is 65.5 Å². The van der Waals surface area contributed by atoms with Crippen molar-refractivity contribution in [2.45, 2.75) is 0 Å². The molecule has 2 aliphatic rings. The molecule has 3 amide bonds. The second-order valence-corrected chi connectivity index (χ2v) is 8.03. The Morgan fingerprint density at radius 2 is 1.38 bits per heavy atom. The number of para-hydroxylation sites is 2. The zero-order valence-corrected chi connectivity index (χ0v) is 16.2. The Hall–Kier alpha value is -3.26. The predicted molar refractivity (Wildman–Crippen MR) is 110 cm³/mol. The molecule has 8 heteroatoms. The fourth-order valence-corrected chi connectivity index (χ4v) is 4.44. The van der Waals surface area contributed by atoms with Crippen molar-refractivity contribution in [2.75, 3.05) is 29.5 Å². The van der Waals surface area contributed by atoms with Gasteiger partial charge in [0.2, 0.25) is 0 Å². The molecule has 1 aromatic heterocycles. The first-order valence-electron chi connectivity index (χ1n) is 9.26. The van der Waals surface area contributed by atoms with E-state index in [0.717, 1.165) is 29.5 Å². The van der Waals surface area contributed by atoms with Crippen LogP contribution in [0.4, 0.5) is 5.69 Å². The Bertz CT molecular complexity index is 1100. The molecule has 0 bridgehead atoms. The van der Waals surface area contributed by atoms with Gasteiger partial charge in [-0.25, -0.2) is 14.9 Å². The number of rotatable bonds is 2. The quantitative estimate of drug-likeness (QED) is 0.611. The van der Waals surface area contributed by atoms with Crippen molar-refractivity contribution in [1.82, 2.24) is 14.9 Å². The highest BCUT2D eigenvalue weighted by Crippen LogP contribution is 2.28. The average molecular weight is 404 g/mol. The molecule has 0 aliphatic carbocycles. The lowest BCUT2D eigenvalue weighted by molar-refractivity contribution is 0.0772. The van der Waals surface area contributed by atoms with Gasteiger partial charge in [0.1, 0.15) is 0 Å². The van der Waals surface area contributed by atoms with Crippen molar-refractivity contribution in [3.63, 3.8) is 0 Å². The van der Waals surface area contributed by atoms with Crippen molar-refractivity contribution >= 4 is 46.2 Å². The largest absolute Gasteiger partial charge is 0.337 e. The summed E-state index contributed by atoms with van der Waals surface area (Å²) in [5, 5.41) is 0. The number of benzene rings is 2. The van der Waals surface area contributed by atoms with E-state index in [1.807, 2.05) is 16.7 Å². The first-order chi connectivity index (χ1) is 14.1. The van der Waals surface area contributed by atoms with Crippen LogP contribution in [0, 0.1) is 0 Å². The van der Waals surface area contributed by atoms with Crippen LogP contribution in [0.15, 0.2) is 48.5 Å². The number of hydrogen-bond donors (Lipinski definition) is 0. The molecule has 144 valence electrons. The molecule has 0 N–H and O–H groups in total. The second kappa shape index (κ2) is 6.97. The SMILES string of the molecule is O=C(c1ccc(N2C(=O)c3nc4ccccc4nc3C2=O)cc1)N1CCSCC1. The van der Waals surface area contributed by atoms with Crippen molar-refractivity contribution in [3.8, 4) is 0 Å². The van der Waals surface area contributed by atoms with Gasteiger partial charge in [-0.2, -0.15) is 11.8 Å². The summed E-state index contributed by atoms with van der Waals surface area (Å²) in [6.45, 7) is 1.46. The first-order valence-corrected chi connectivity index (χ1v) is 10.4. The zero-order valence-electron chi connectivity index (χ0n) is 15.4. The van der Waals surface area contributed by atoms with Gasteiger partial charge < -0.3 is 4.90 Å². The van der Waals surface area contributed by atoms with Crippen LogP contribution in [-0.2, 0) is 0 Å². The van der Waals surface area contributed by atoms with E-state index < -0.39 is 11.8 Å². The first kappa shape index (κ1) is 17.8. The Morgan fingerprint density at radius 3 is 1.93 bits per heavy atom. The fraction of sp³-hybridized carbons (Fsp3) is 0.190. The minimum Gasteiger partial charge on any atom is -0.337 e. The summed E-state index contributed by atoms with van der Waals surface area (Å²) in [7, 11) is 0. The molecule has 1 saturated heterocycles. The van der Waals surface area contributed by atoms with Crippen molar-refractivity contribution < 1.29 is 14.4 Å². The maximum Gasteiger partial charge on any atom is 0.286 e. The third-order valence-corrected chi connectivity index (χ3v) is 6.00. The van der Waals surface area contributed by atoms with E-state index in [0.29, 0.717) is 22.3 Å². The third kappa shape index (κ3) is 2.96. The Balaban J connectivity index is 1.45. The molecule has 7 nitrogen and oxygen atoms in total. The molecule has 1 fully saturated rings. The maximum absolute atomic E-state index is 12.8. The lowest BCUT2D eigenvalue weighted by Crippen LogP contribution is -2.37. The number of carbonyl (C=O) groups excluding carboxylic acids is 3. The lowest BCUT2D eigenvalue weighted by Gasteiger charge is -2.26. The molecule has 0 unspecified atom stereocenters. The van der Waals surface area contributed by atoms with E-state index in [1.54, 1.807) is 48.5 Å². The van der Waals surface area contributed by atoms with Gasteiger partial charge in [-0.15, -0.1) is 0 Å². The predicted octanol–water partition coefficient (Wildman–Crippen LogP) is 2.62. The topological polar surface area (TPSA) is 83.5 Å². The Morgan fingerprint density at radius 1 is 0.828 bits per heavy atom. The van der Waals surface area contributed by atoms with Crippen LogP contribution in [0.25, 0.3) is 11.0 Å². The molecule has 0 spiro atoms. The Labute approximate surface area is 170 Å². The van der Waals surface area contributed by atoms with Gasteiger partial charge in [0.15, 0.2) is 11.4 Å². The maximum atomic E-state index is 12.8. The van der Waals surface area contributed by atoms with Crippen LogP contribution in [0.5, 0.6) is 0 Å². The third-order valence-electron chi connectivity index (χ3n) is 5.05. The van der Waals surface area contributed by atoms with Crippen LogP contribution in [0.2, 0.25) is 0 Å².